The standard InChI is InChI=1S/C11H10N4O2/c16-11-9-6-13-4-3-12-2-1-5-17-8-15-10(9)7-14-11/h1-7,15H,8H2. The van der Waals surface area contributed by atoms with Crippen LogP contribution in [0.4, 0.5) is 0 Å². The van der Waals surface area contributed by atoms with Gasteiger partial charge in [0.1, 0.15) is 0 Å². The van der Waals surface area contributed by atoms with Gasteiger partial charge in [-0.1, -0.05) is 0 Å². The Morgan fingerprint density at radius 2 is 2.12 bits per heavy atom. The zero-order valence-corrected chi connectivity index (χ0v) is 8.91. The van der Waals surface area contributed by atoms with E-state index < -0.39 is 0 Å². The largest absolute Gasteiger partial charge is 0.481 e. The van der Waals surface area contributed by atoms with Crippen LogP contribution < -0.4 is 5.32 Å². The van der Waals surface area contributed by atoms with Crippen molar-refractivity contribution in [3.05, 3.63) is 36.0 Å². The Bertz CT molecular complexity index is 484. The summed E-state index contributed by atoms with van der Waals surface area (Å²) in [5.74, 6) is -0.321. The number of ether oxygens (including phenoxy) is 1. The third kappa shape index (κ3) is 2.97. The number of rotatable bonds is 0. The molecule has 0 saturated heterocycles. The number of amides is 1. The molecule has 2 aliphatic rings. The highest BCUT2D eigenvalue weighted by Gasteiger charge is 2.17. The molecule has 0 spiro atoms. The molecule has 2 aliphatic heterocycles. The van der Waals surface area contributed by atoms with Gasteiger partial charge in [-0.2, -0.15) is 0 Å². The molecule has 86 valence electrons. The van der Waals surface area contributed by atoms with Gasteiger partial charge in [-0.3, -0.25) is 14.8 Å². The van der Waals surface area contributed by atoms with Gasteiger partial charge in [-0.05, 0) is 6.08 Å². The fourth-order valence-electron chi connectivity index (χ4n) is 1.20. The van der Waals surface area contributed by atoms with Gasteiger partial charge in [0.2, 0.25) is 0 Å². The van der Waals surface area contributed by atoms with E-state index in [1.807, 2.05) is 0 Å². The number of carbonyl (C=O) groups is 1. The van der Waals surface area contributed by atoms with Gasteiger partial charge in [-0.25, -0.2) is 4.99 Å². The zero-order valence-electron chi connectivity index (χ0n) is 8.91. The van der Waals surface area contributed by atoms with Crippen molar-refractivity contribution in [3.63, 3.8) is 0 Å². The maximum Gasteiger partial charge on any atom is 0.280 e. The number of hydrogen-bond donors (Lipinski definition) is 1. The van der Waals surface area contributed by atoms with Crippen LogP contribution in [0.25, 0.3) is 0 Å². The molecule has 0 saturated carbocycles. The van der Waals surface area contributed by atoms with Crippen LogP contribution >= 0.6 is 0 Å². The molecule has 0 fully saturated rings. The second-order valence-electron chi connectivity index (χ2n) is 3.08. The van der Waals surface area contributed by atoms with Crippen LogP contribution in [0, 0.1) is 0 Å². The normalized spacial score (nSPS) is 19.2. The summed E-state index contributed by atoms with van der Waals surface area (Å²) in [6, 6.07) is 0. The van der Waals surface area contributed by atoms with E-state index in [0.717, 1.165) is 0 Å². The molecular weight excluding hydrogens is 220 g/mol. The SMILES string of the molecule is O=C1N=CC2=C1C=NC=CN=CC=COCN2. The predicted molar refractivity (Wildman–Crippen MR) is 64.9 cm³/mol. The molecule has 1 N–H and O–H groups in total. The summed E-state index contributed by atoms with van der Waals surface area (Å²) >= 11 is 0. The molecule has 0 aromatic heterocycles. The first-order valence-corrected chi connectivity index (χ1v) is 4.92. The smallest absolute Gasteiger partial charge is 0.280 e. The highest BCUT2D eigenvalue weighted by molar-refractivity contribution is 6.22. The lowest BCUT2D eigenvalue weighted by Crippen LogP contribution is -2.18. The quantitative estimate of drug-likeness (QED) is 0.660. The van der Waals surface area contributed by atoms with Crippen LogP contribution in [0.3, 0.4) is 0 Å². The van der Waals surface area contributed by atoms with E-state index in [4.69, 9.17) is 4.74 Å². The van der Waals surface area contributed by atoms with Crippen molar-refractivity contribution in [1.29, 1.82) is 0 Å². The summed E-state index contributed by atoms with van der Waals surface area (Å²) < 4.78 is 5.13. The van der Waals surface area contributed by atoms with Crippen molar-refractivity contribution in [2.45, 2.75) is 0 Å². The molecule has 2 heterocycles. The van der Waals surface area contributed by atoms with E-state index in [0.29, 0.717) is 11.3 Å². The van der Waals surface area contributed by atoms with Crippen molar-refractivity contribution in [2.75, 3.05) is 6.73 Å². The highest BCUT2D eigenvalue weighted by Crippen LogP contribution is 2.07. The van der Waals surface area contributed by atoms with E-state index >= 15 is 0 Å². The maximum absolute atomic E-state index is 11.4. The molecular formula is C11H10N4O2. The number of nitrogens with one attached hydrogen (secondary N) is 1. The van der Waals surface area contributed by atoms with E-state index in [1.165, 1.54) is 31.1 Å². The lowest BCUT2D eigenvalue weighted by molar-refractivity contribution is -0.113. The summed E-state index contributed by atoms with van der Waals surface area (Å²) in [6.45, 7) is 0.240. The van der Waals surface area contributed by atoms with Crippen LogP contribution in [0.5, 0.6) is 0 Å². The van der Waals surface area contributed by atoms with Crippen LogP contribution in [-0.4, -0.2) is 31.3 Å². The first-order valence-electron chi connectivity index (χ1n) is 4.92. The minimum absolute atomic E-state index is 0.240. The summed E-state index contributed by atoms with van der Waals surface area (Å²) in [7, 11) is 0. The first-order chi connectivity index (χ1) is 8.38. The average molecular weight is 230 g/mol. The first kappa shape index (κ1) is 11.0. The van der Waals surface area contributed by atoms with Gasteiger partial charge in [0, 0.05) is 24.8 Å². The zero-order chi connectivity index (χ0) is 11.9. The van der Waals surface area contributed by atoms with Crippen LogP contribution in [-0.2, 0) is 9.53 Å². The molecule has 1 amide bonds. The molecule has 0 bridgehead atoms. The molecule has 2 rings (SSSR count). The van der Waals surface area contributed by atoms with Crippen molar-refractivity contribution < 1.29 is 9.53 Å². The number of carbonyl (C=O) groups excluding carboxylic acids is 1. The van der Waals surface area contributed by atoms with E-state index in [-0.39, 0.29) is 12.6 Å². The van der Waals surface area contributed by atoms with Gasteiger partial charge in [0.25, 0.3) is 5.91 Å². The Kier molecular flexibility index (Phi) is 3.59. The topological polar surface area (TPSA) is 75.4 Å². The molecule has 0 aliphatic carbocycles. The van der Waals surface area contributed by atoms with Gasteiger partial charge in [0.15, 0.2) is 6.73 Å². The molecule has 0 atom stereocenters. The molecule has 0 unspecified atom stereocenters. The molecule has 0 radical (unpaired) electrons. The second kappa shape index (κ2) is 5.55. The van der Waals surface area contributed by atoms with Gasteiger partial charge < -0.3 is 10.1 Å². The fraction of sp³-hybridized carbons (Fsp3) is 0.0909. The summed E-state index contributed by atoms with van der Waals surface area (Å²) in [5.41, 5.74) is 1.01. The van der Waals surface area contributed by atoms with Crippen LogP contribution in [0.15, 0.2) is 51.0 Å². The number of nitrogens with zero attached hydrogens (tertiary/aromatic N) is 3. The Morgan fingerprint density at radius 3 is 3.06 bits per heavy atom. The number of hydrogen-bond acceptors (Lipinski definition) is 5. The fourth-order valence-corrected chi connectivity index (χ4v) is 1.20. The van der Waals surface area contributed by atoms with Gasteiger partial charge in [0.05, 0.1) is 23.7 Å². The maximum atomic E-state index is 11.4. The molecule has 0 aromatic carbocycles. The Morgan fingerprint density at radius 1 is 1.24 bits per heavy atom. The lowest BCUT2D eigenvalue weighted by Gasteiger charge is -2.04. The Labute approximate surface area is 97.8 Å². The summed E-state index contributed by atoms with van der Waals surface area (Å²) in [5, 5.41) is 2.93. The molecule has 6 heteroatoms. The van der Waals surface area contributed by atoms with Crippen molar-refractivity contribution in [1.82, 2.24) is 5.32 Å². The number of aliphatic imine (C=N–C) groups is 3. The minimum Gasteiger partial charge on any atom is -0.481 e. The minimum atomic E-state index is -0.321. The van der Waals surface area contributed by atoms with Crippen molar-refractivity contribution >= 4 is 24.6 Å². The number of allylic oxidation sites excluding steroid dienone is 2. The van der Waals surface area contributed by atoms with Crippen molar-refractivity contribution in [3.8, 4) is 0 Å². The Hall–Kier alpha value is -2.50. The Balaban J connectivity index is 2.21. The highest BCUT2D eigenvalue weighted by atomic mass is 16.5. The van der Waals surface area contributed by atoms with Crippen molar-refractivity contribution in [2.24, 2.45) is 15.0 Å². The third-order valence-electron chi connectivity index (χ3n) is 1.97. The van der Waals surface area contributed by atoms with E-state index in [9.17, 15) is 4.79 Å². The van der Waals surface area contributed by atoms with E-state index in [1.54, 1.807) is 12.3 Å². The summed E-state index contributed by atoms with van der Waals surface area (Å²) in [4.78, 5) is 22.9. The molecule has 0 aromatic rings. The lowest BCUT2D eigenvalue weighted by atomic mass is 10.2. The third-order valence-corrected chi connectivity index (χ3v) is 1.97. The molecule has 6 nitrogen and oxygen atoms in total. The summed E-state index contributed by atoms with van der Waals surface area (Å²) in [6.07, 6.45) is 10.6. The average Bonchev–Trinajstić information content (AvgIpc) is 2.68. The monoisotopic (exact) mass is 230 g/mol. The van der Waals surface area contributed by atoms with Crippen LogP contribution in [0.1, 0.15) is 0 Å². The van der Waals surface area contributed by atoms with E-state index in [2.05, 4.69) is 20.3 Å². The van der Waals surface area contributed by atoms with Crippen LogP contribution in [0.2, 0.25) is 0 Å². The predicted octanol–water partition coefficient (Wildman–Crippen LogP) is 0.555. The van der Waals surface area contributed by atoms with Gasteiger partial charge in [-0.15, -0.1) is 0 Å². The second-order valence-corrected chi connectivity index (χ2v) is 3.08. The molecule has 17 heavy (non-hydrogen) atoms. The van der Waals surface area contributed by atoms with Gasteiger partial charge >= 0.3 is 0 Å².